The first-order valence-corrected chi connectivity index (χ1v) is 16.5. The lowest BCUT2D eigenvalue weighted by atomic mass is 9.83. The van der Waals surface area contributed by atoms with Gasteiger partial charge in [0.25, 0.3) is 0 Å². The Labute approximate surface area is 229 Å². The van der Waals surface area contributed by atoms with Crippen LogP contribution in [0.1, 0.15) is 160 Å². The van der Waals surface area contributed by atoms with E-state index in [9.17, 15) is 0 Å². The average molecular weight is 523 g/mol. The van der Waals surface area contributed by atoms with Gasteiger partial charge < -0.3 is 12.4 Å². The first kappa shape index (κ1) is 34.7. The highest BCUT2D eigenvalue weighted by atomic mass is 35.5. The Kier molecular flexibility index (Phi) is 23.8. The molecule has 1 aromatic carbocycles. The number of unbranched alkanes of at least 4 members (excludes halogenated alkanes) is 15. The van der Waals surface area contributed by atoms with Gasteiger partial charge in [0.15, 0.2) is 0 Å². The molecule has 204 valence electrons. The summed E-state index contributed by atoms with van der Waals surface area (Å²) in [5, 5.41) is 0.385. The molecule has 1 aromatic rings. The molecule has 0 nitrogen and oxygen atoms in total. The fraction of sp³-hybridized carbons (Fsp3) is 0.758. The number of rotatable bonds is 24. The first-order valence-electron chi connectivity index (χ1n) is 15.3. The van der Waals surface area contributed by atoms with Gasteiger partial charge in [-0.15, -0.1) is 0 Å². The molecule has 1 atom stereocenters. The minimum atomic E-state index is 0. The lowest BCUT2D eigenvalue weighted by Gasteiger charge is -2.31. The zero-order valence-electron chi connectivity index (χ0n) is 23.9. The minimum Gasteiger partial charge on any atom is -1.00 e. The Hall–Kier alpha value is -0.320. The molecular weight excluding hydrogens is 463 g/mol. The molecule has 1 rings (SSSR count). The van der Waals surface area contributed by atoms with Crippen LogP contribution in [0, 0.1) is 0 Å². The van der Waals surface area contributed by atoms with Crippen LogP contribution in [-0.2, 0) is 11.6 Å². The van der Waals surface area contributed by atoms with Crippen LogP contribution in [0.4, 0.5) is 0 Å². The Balaban J connectivity index is 0.0000116. The van der Waals surface area contributed by atoms with Crippen LogP contribution in [0.25, 0.3) is 0 Å². The van der Waals surface area contributed by atoms with Gasteiger partial charge in [0.1, 0.15) is 5.16 Å². The summed E-state index contributed by atoms with van der Waals surface area (Å²) in [6, 6.07) is 9.58. The van der Waals surface area contributed by atoms with Gasteiger partial charge in [-0.2, -0.15) is 0 Å². The quantitative estimate of drug-likeness (QED) is 0.0939. The van der Waals surface area contributed by atoms with Crippen molar-refractivity contribution in [2.24, 2.45) is 0 Å². The van der Waals surface area contributed by atoms with Gasteiger partial charge in [0.05, 0.1) is 0 Å². The summed E-state index contributed by atoms with van der Waals surface area (Å²) in [5.74, 6) is 2.32. The van der Waals surface area contributed by atoms with Crippen molar-refractivity contribution in [2.75, 3.05) is 0 Å². The Bertz CT molecular complexity index is 581. The molecule has 0 saturated heterocycles. The molecule has 35 heavy (non-hydrogen) atoms. The maximum Gasteiger partial charge on any atom is 0.104 e. The van der Waals surface area contributed by atoms with Gasteiger partial charge in [-0.05, 0) is 49.7 Å². The molecule has 0 aliphatic rings. The molecule has 0 bridgehead atoms. The highest BCUT2D eigenvalue weighted by molar-refractivity contribution is 7.43. The molecule has 0 heterocycles. The SMILES string of the molecule is C=C[PH2+]C(CCCCCCCC)(CCCCCCCC)c1ccccc1CCCCCCCC.[Cl-]. The lowest BCUT2D eigenvalue weighted by molar-refractivity contribution is -0.00000739. The highest BCUT2D eigenvalue weighted by Crippen LogP contribution is 2.51. The fourth-order valence-electron chi connectivity index (χ4n) is 5.64. The van der Waals surface area contributed by atoms with Crippen molar-refractivity contribution < 1.29 is 12.4 Å². The molecule has 0 aliphatic carbocycles. The van der Waals surface area contributed by atoms with Crippen LogP contribution in [0.5, 0.6) is 0 Å². The largest absolute Gasteiger partial charge is 1.00 e. The van der Waals surface area contributed by atoms with Gasteiger partial charge in [0, 0.05) is 14.4 Å². The molecule has 0 aliphatic heterocycles. The van der Waals surface area contributed by atoms with Crippen LogP contribution in [0.2, 0.25) is 0 Å². The number of aryl methyl sites for hydroxylation is 1. The zero-order chi connectivity index (χ0) is 24.7. The molecule has 0 saturated carbocycles. The second-order valence-electron chi connectivity index (χ2n) is 10.8. The lowest BCUT2D eigenvalue weighted by Crippen LogP contribution is -3.00. The van der Waals surface area contributed by atoms with E-state index in [2.05, 4.69) is 57.4 Å². The van der Waals surface area contributed by atoms with Crippen molar-refractivity contribution in [3.8, 4) is 0 Å². The van der Waals surface area contributed by atoms with Crippen LogP contribution in [0.15, 0.2) is 36.7 Å². The molecule has 1 unspecified atom stereocenters. The first-order chi connectivity index (χ1) is 16.7. The summed E-state index contributed by atoms with van der Waals surface area (Å²) in [7, 11) is 0.245. The monoisotopic (exact) mass is 522 g/mol. The third-order valence-corrected chi connectivity index (χ3v) is 9.51. The summed E-state index contributed by atoms with van der Waals surface area (Å²) >= 11 is 0. The van der Waals surface area contributed by atoms with E-state index in [1.165, 1.54) is 135 Å². The van der Waals surface area contributed by atoms with Gasteiger partial charge in [-0.3, -0.25) is 0 Å². The van der Waals surface area contributed by atoms with Gasteiger partial charge in [0.2, 0.25) is 0 Å². The van der Waals surface area contributed by atoms with E-state index in [1.807, 2.05) is 0 Å². The van der Waals surface area contributed by atoms with E-state index in [4.69, 9.17) is 0 Å². The van der Waals surface area contributed by atoms with Gasteiger partial charge in [-0.1, -0.05) is 148 Å². The van der Waals surface area contributed by atoms with Crippen molar-refractivity contribution in [3.63, 3.8) is 0 Å². The molecule has 0 aromatic heterocycles. The molecule has 0 N–H and O–H groups in total. The number of hydrogen-bond acceptors (Lipinski definition) is 0. The van der Waals surface area contributed by atoms with E-state index in [-0.39, 0.29) is 21.0 Å². The van der Waals surface area contributed by atoms with Crippen molar-refractivity contribution >= 4 is 8.58 Å². The summed E-state index contributed by atoms with van der Waals surface area (Å²) < 4.78 is 0. The van der Waals surface area contributed by atoms with Crippen LogP contribution in [-0.4, -0.2) is 0 Å². The van der Waals surface area contributed by atoms with Crippen molar-refractivity contribution in [1.29, 1.82) is 0 Å². The zero-order valence-corrected chi connectivity index (χ0v) is 25.8. The standard InChI is InChI=1S/C33H59P.ClH/c1-5-9-12-15-18-21-26-31-27-22-23-28-32(31)33(34-8-4,29-24-19-16-13-10-6-2)30-25-20-17-14-11-7-3;/h8,22-23,27-28,34H,4-7,9-21,24-26,29-30H2,1-3H3;1H. The second-order valence-corrected chi connectivity index (χ2v) is 12.7. The van der Waals surface area contributed by atoms with E-state index in [0.717, 1.165) is 0 Å². The fourth-order valence-corrected chi connectivity index (χ4v) is 7.29. The molecule has 0 amide bonds. The average Bonchev–Trinajstić information content (AvgIpc) is 2.85. The summed E-state index contributed by atoms with van der Waals surface area (Å²) in [6.45, 7) is 11.2. The maximum absolute atomic E-state index is 4.28. The summed E-state index contributed by atoms with van der Waals surface area (Å²) in [4.78, 5) is 0. The molecule has 0 radical (unpaired) electrons. The second kappa shape index (κ2) is 24.0. The number of benzene rings is 1. The van der Waals surface area contributed by atoms with Crippen LogP contribution in [0.3, 0.4) is 0 Å². The topological polar surface area (TPSA) is 0 Å². The van der Waals surface area contributed by atoms with E-state index in [0.29, 0.717) is 5.16 Å². The number of halogens is 1. The predicted octanol–water partition coefficient (Wildman–Crippen LogP) is 8.84. The predicted molar refractivity (Wildman–Crippen MR) is 161 cm³/mol. The minimum absolute atomic E-state index is 0. The van der Waals surface area contributed by atoms with Crippen molar-refractivity contribution in [2.45, 2.75) is 161 Å². The molecule has 0 spiro atoms. The van der Waals surface area contributed by atoms with E-state index < -0.39 is 0 Å². The molecule has 2 heteroatoms. The number of hydrogen-bond donors (Lipinski definition) is 0. The smallest absolute Gasteiger partial charge is 0.104 e. The Morgan fingerprint density at radius 1 is 0.629 bits per heavy atom. The third-order valence-electron chi connectivity index (χ3n) is 7.74. The van der Waals surface area contributed by atoms with Gasteiger partial charge in [-0.25, -0.2) is 0 Å². The van der Waals surface area contributed by atoms with Crippen molar-refractivity contribution in [3.05, 3.63) is 47.8 Å². The molecular formula is C33H60ClP. The van der Waals surface area contributed by atoms with Crippen LogP contribution >= 0.6 is 8.58 Å². The van der Waals surface area contributed by atoms with E-state index in [1.54, 1.807) is 11.1 Å². The van der Waals surface area contributed by atoms with Crippen LogP contribution < -0.4 is 12.4 Å². The van der Waals surface area contributed by atoms with Crippen molar-refractivity contribution in [1.82, 2.24) is 0 Å². The normalized spacial score (nSPS) is 11.7. The summed E-state index contributed by atoms with van der Waals surface area (Å²) in [6.07, 6.45) is 29.1. The molecule has 0 fully saturated rings. The third kappa shape index (κ3) is 15.5. The summed E-state index contributed by atoms with van der Waals surface area (Å²) in [5.41, 5.74) is 3.37. The Morgan fingerprint density at radius 2 is 1.06 bits per heavy atom. The van der Waals surface area contributed by atoms with Gasteiger partial charge >= 0.3 is 0 Å². The highest BCUT2D eigenvalue weighted by Gasteiger charge is 2.37. The maximum atomic E-state index is 4.28. The Morgan fingerprint density at radius 3 is 1.54 bits per heavy atom. The van der Waals surface area contributed by atoms with E-state index >= 15 is 0 Å².